The summed E-state index contributed by atoms with van der Waals surface area (Å²) in [6, 6.07) is 4.25. The molecule has 3 rings (SSSR count). The number of aromatic nitrogens is 5. The van der Waals surface area contributed by atoms with Gasteiger partial charge in [0.15, 0.2) is 5.69 Å². The van der Waals surface area contributed by atoms with Crippen LogP contribution in [0.5, 0.6) is 0 Å². The van der Waals surface area contributed by atoms with Crippen LogP contribution in [0.25, 0.3) is 11.3 Å². The van der Waals surface area contributed by atoms with Gasteiger partial charge in [-0.15, -0.1) is 0 Å². The van der Waals surface area contributed by atoms with E-state index in [4.69, 9.17) is 11.6 Å². The van der Waals surface area contributed by atoms with E-state index in [9.17, 15) is 18.0 Å². The fourth-order valence-electron chi connectivity index (χ4n) is 2.62. The Hall–Kier alpha value is -2.88. The first-order valence-corrected chi connectivity index (χ1v) is 8.49. The Morgan fingerprint density at radius 2 is 1.89 bits per heavy atom. The fraction of sp³-hybridized carbons (Fsp3) is 0.294. The first kappa shape index (κ1) is 19.9. The van der Waals surface area contributed by atoms with Crippen LogP contribution in [0.4, 0.5) is 13.2 Å². The Morgan fingerprint density at radius 1 is 1.18 bits per heavy atom. The number of carbonyl (C=O) groups is 1. The van der Waals surface area contributed by atoms with Crippen LogP contribution in [0.1, 0.15) is 27.6 Å². The molecule has 0 unspecified atom stereocenters. The molecule has 0 aliphatic heterocycles. The average Bonchev–Trinajstić information content (AvgIpc) is 3.17. The summed E-state index contributed by atoms with van der Waals surface area (Å²) in [5.74, 6) is -0.675. The van der Waals surface area contributed by atoms with E-state index in [-0.39, 0.29) is 12.2 Å². The number of nitrogens with zero attached hydrogens (tertiary/aromatic N) is 5. The molecule has 28 heavy (non-hydrogen) atoms. The molecule has 0 radical (unpaired) electrons. The Labute approximate surface area is 163 Å². The van der Waals surface area contributed by atoms with Gasteiger partial charge in [0, 0.05) is 37.6 Å². The summed E-state index contributed by atoms with van der Waals surface area (Å²) >= 11 is 6.17. The van der Waals surface area contributed by atoms with Gasteiger partial charge in [0.25, 0.3) is 5.91 Å². The van der Waals surface area contributed by atoms with Gasteiger partial charge < -0.3 is 5.32 Å². The Kier molecular flexibility index (Phi) is 5.16. The predicted octanol–water partition coefficient (Wildman–Crippen LogP) is 3.13. The molecule has 3 heterocycles. The largest absolute Gasteiger partial charge is 0.435 e. The van der Waals surface area contributed by atoms with Crippen molar-refractivity contribution in [1.82, 2.24) is 29.9 Å². The molecule has 0 saturated heterocycles. The summed E-state index contributed by atoms with van der Waals surface area (Å²) < 4.78 is 40.7. The Balaban J connectivity index is 1.77. The second kappa shape index (κ2) is 7.27. The van der Waals surface area contributed by atoms with Gasteiger partial charge in [-0.25, -0.2) is 0 Å². The fourth-order valence-corrected chi connectivity index (χ4v) is 2.82. The molecular formula is C17H16ClF3N6O. The second-order valence-electron chi connectivity index (χ2n) is 6.17. The van der Waals surface area contributed by atoms with E-state index in [1.165, 1.54) is 13.2 Å². The molecule has 0 saturated carbocycles. The lowest BCUT2D eigenvalue weighted by Crippen LogP contribution is -2.26. The van der Waals surface area contributed by atoms with Crippen LogP contribution in [0.15, 0.2) is 24.4 Å². The first-order chi connectivity index (χ1) is 13.1. The van der Waals surface area contributed by atoms with Crippen molar-refractivity contribution in [3.05, 3.63) is 52.2 Å². The van der Waals surface area contributed by atoms with Crippen LogP contribution in [-0.4, -0.2) is 30.5 Å². The van der Waals surface area contributed by atoms with Gasteiger partial charge in [0.1, 0.15) is 5.69 Å². The van der Waals surface area contributed by atoms with Crippen LogP contribution >= 0.6 is 11.6 Å². The maximum absolute atomic E-state index is 12.7. The van der Waals surface area contributed by atoms with Gasteiger partial charge in [0.2, 0.25) is 0 Å². The molecule has 0 atom stereocenters. The van der Waals surface area contributed by atoms with Crippen LogP contribution in [0.3, 0.4) is 0 Å². The normalized spacial score (nSPS) is 11.7. The second-order valence-corrected chi connectivity index (χ2v) is 6.58. The van der Waals surface area contributed by atoms with Crippen molar-refractivity contribution in [2.24, 2.45) is 14.1 Å². The lowest BCUT2D eigenvalue weighted by Gasteiger charge is -2.05. The summed E-state index contributed by atoms with van der Waals surface area (Å²) in [5.41, 5.74) is 1.41. The number of pyridine rings is 1. The summed E-state index contributed by atoms with van der Waals surface area (Å²) in [6.07, 6.45) is -3.09. The van der Waals surface area contributed by atoms with E-state index in [0.717, 1.165) is 10.4 Å². The third-order valence-electron chi connectivity index (χ3n) is 4.08. The maximum Gasteiger partial charge on any atom is 0.435 e. The van der Waals surface area contributed by atoms with Crippen molar-refractivity contribution in [3.63, 3.8) is 0 Å². The van der Waals surface area contributed by atoms with Gasteiger partial charge in [-0.3, -0.25) is 19.1 Å². The van der Waals surface area contributed by atoms with Crippen LogP contribution in [-0.2, 0) is 26.8 Å². The minimum Gasteiger partial charge on any atom is -0.345 e. The van der Waals surface area contributed by atoms with E-state index in [0.29, 0.717) is 28.0 Å². The number of alkyl halides is 3. The lowest BCUT2D eigenvalue weighted by atomic mass is 10.1. The molecule has 7 nitrogen and oxygen atoms in total. The first-order valence-electron chi connectivity index (χ1n) is 8.11. The van der Waals surface area contributed by atoms with Crippen molar-refractivity contribution in [2.75, 3.05) is 0 Å². The number of carbonyl (C=O) groups excluding carboxylic acids is 1. The van der Waals surface area contributed by atoms with E-state index >= 15 is 0 Å². The third kappa shape index (κ3) is 4.01. The smallest absolute Gasteiger partial charge is 0.345 e. The SMILES string of the molecule is Cc1cc(-c2cc(CNC(=O)c3cc(C(F)(F)F)nn3C)n(C)n2)c(Cl)cn1. The molecule has 0 aliphatic rings. The van der Waals surface area contributed by atoms with Crippen molar-refractivity contribution in [3.8, 4) is 11.3 Å². The molecule has 0 bridgehead atoms. The molecule has 1 N–H and O–H groups in total. The zero-order chi connectivity index (χ0) is 20.6. The number of nitrogens with one attached hydrogen (secondary N) is 1. The van der Waals surface area contributed by atoms with Gasteiger partial charge >= 0.3 is 6.18 Å². The minimum absolute atomic E-state index is 0.0660. The molecule has 1 amide bonds. The molecule has 0 spiro atoms. The molecule has 3 aromatic rings. The predicted molar refractivity (Wildman–Crippen MR) is 95.6 cm³/mol. The molecule has 0 fully saturated rings. The highest BCUT2D eigenvalue weighted by molar-refractivity contribution is 6.33. The van der Waals surface area contributed by atoms with Crippen molar-refractivity contribution in [1.29, 1.82) is 0 Å². The average molecular weight is 413 g/mol. The van der Waals surface area contributed by atoms with Gasteiger partial charge in [-0.05, 0) is 19.1 Å². The van der Waals surface area contributed by atoms with Crippen LogP contribution in [0, 0.1) is 6.92 Å². The zero-order valence-electron chi connectivity index (χ0n) is 15.2. The maximum atomic E-state index is 12.7. The Morgan fingerprint density at radius 3 is 2.54 bits per heavy atom. The van der Waals surface area contributed by atoms with Gasteiger partial charge in [-0.1, -0.05) is 11.6 Å². The number of hydrogen-bond donors (Lipinski definition) is 1. The number of halogens is 4. The van der Waals surface area contributed by atoms with E-state index in [1.54, 1.807) is 23.9 Å². The lowest BCUT2D eigenvalue weighted by molar-refractivity contribution is -0.141. The van der Waals surface area contributed by atoms with Crippen LogP contribution < -0.4 is 5.32 Å². The van der Waals surface area contributed by atoms with Gasteiger partial charge in [0.05, 0.1) is 23.0 Å². The highest BCUT2D eigenvalue weighted by atomic mass is 35.5. The van der Waals surface area contributed by atoms with E-state index < -0.39 is 17.8 Å². The zero-order valence-corrected chi connectivity index (χ0v) is 15.9. The topological polar surface area (TPSA) is 77.6 Å². The summed E-state index contributed by atoms with van der Waals surface area (Å²) in [6.45, 7) is 1.89. The number of aryl methyl sites for hydroxylation is 3. The van der Waals surface area contributed by atoms with E-state index in [2.05, 4.69) is 20.5 Å². The molecule has 148 valence electrons. The van der Waals surface area contributed by atoms with Crippen molar-refractivity contribution in [2.45, 2.75) is 19.6 Å². The van der Waals surface area contributed by atoms with Crippen molar-refractivity contribution >= 4 is 17.5 Å². The number of hydrogen-bond acceptors (Lipinski definition) is 4. The monoisotopic (exact) mass is 412 g/mol. The van der Waals surface area contributed by atoms with Crippen molar-refractivity contribution < 1.29 is 18.0 Å². The minimum atomic E-state index is -4.62. The standard InChI is InChI=1S/C17H16ClF3N6O/c1-9-4-11(12(18)8-22-9)13-5-10(26(2)24-13)7-23-16(28)14-6-15(17(19,20)21)25-27(14)3/h4-6,8H,7H2,1-3H3,(H,23,28). The quantitative estimate of drug-likeness (QED) is 0.714. The van der Waals surface area contributed by atoms with Crippen LogP contribution in [0.2, 0.25) is 5.02 Å². The molecule has 0 aliphatic carbocycles. The molecule has 0 aromatic carbocycles. The summed E-state index contributed by atoms with van der Waals surface area (Å²) in [5, 5.41) is 10.7. The highest BCUT2D eigenvalue weighted by Crippen LogP contribution is 2.29. The number of rotatable bonds is 4. The van der Waals surface area contributed by atoms with E-state index in [1.807, 2.05) is 6.92 Å². The summed E-state index contributed by atoms with van der Waals surface area (Å²) in [4.78, 5) is 16.4. The molecule has 11 heteroatoms. The van der Waals surface area contributed by atoms with Gasteiger partial charge in [-0.2, -0.15) is 23.4 Å². The highest BCUT2D eigenvalue weighted by Gasteiger charge is 2.35. The third-order valence-corrected chi connectivity index (χ3v) is 4.38. The summed E-state index contributed by atoms with van der Waals surface area (Å²) in [7, 11) is 2.97. The Bertz CT molecular complexity index is 1040. The molecular weight excluding hydrogens is 397 g/mol. The molecule has 3 aromatic heterocycles. The number of amides is 1.